The summed E-state index contributed by atoms with van der Waals surface area (Å²) in [6.07, 6.45) is 0. The highest BCUT2D eigenvalue weighted by Gasteiger charge is 2.11. The first-order chi connectivity index (χ1) is 6.07. The SMILES string of the molecule is C/C(C#N)=C(/Cl)c1scc(C)c1Cl. The number of thiophene rings is 1. The number of nitriles is 1. The minimum absolute atomic E-state index is 0.450. The summed E-state index contributed by atoms with van der Waals surface area (Å²) in [5, 5.41) is 11.6. The molecule has 0 saturated carbocycles. The van der Waals surface area contributed by atoms with Gasteiger partial charge in [-0.25, -0.2) is 0 Å². The van der Waals surface area contributed by atoms with Crippen molar-refractivity contribution in [3.05, 3.63) is 26.4 Å². The molecule has 0 unspecified atom stereocenters. The molecule has 4 heteroatoms. The molecule has 0 saturated heterocycles. The molecule has 0 fully saturated rings. The summed E-state index contributed by atoms with van der Waals surface area (Å²) in [6.45, 7) is 3.59. The molecule has 13 heavy (non-hydrogen) atoms. The van der Waals surface area contributed by atoms with Gasteiger partial charge < -0.3 is 0 Å². The highest BCUT2D eigenvalue weighted by molar-refractivity contribution is 7.12. The van der Waals surface area contributed by atoms with E-state index in [1.54, 1.807) is 6.92 Å². The van der Waals surface area contributed by atoms with Crippen LogP contribution in [0.4, 0.5) is 0 Å². The molecule has 0 N–H and O–H groups in total. The van der Waals surface area contributed by atoms with E-state index in [-0.39, 0.29) is 0 Å². The van der Waals surface area contributed by atoms with Crippen LogP contribution >= 0.6 is 34.5 Å². The molecular weight excluding hydrogens is 225 g/mol. The number of nitrogens with zero attached hydrogens (tertiary/aromatic N) is 1. The Morgan fingerprint density at radius 3 is 2.62 bits per heavy atom. The average Bonchev–Trinajstić information content (AvgIpc) is 2.45. The van der Waals surface area contributed by atoms with E-state index < -0.39 is 0 Å². The van der Waals surface area contributed by atoms with Crippen molar-refractivity contribution in [3.63, 3.8) is 0 Å². The lowest BCUT2D eigenvalue weighted by Gasteiger charge is -1.96. The molecule has 0 radical (unpaired) electrons. The first-order valence-corrected chi connectivity index (χ1v) is 5.22. The maximum atomic E-state index is 8.63. The number of halogens is 2. The summed E-state index contributed by atoms with van der Waals surface area (Å²) in [5.41, 5.74) is 1.48. The van der Waals surface area contributed by atoms with Gasteiger partial charge in [0.05, 0.1) is 21.0 Å². The van der Waals surface area contributed by atoms with Crippen molar-refractivity contribution < 1.29 is 0 Å². The number of allylic oxidation sites excluding steroid dienone is 1. The van der Waals surface area contributed by atoms with E-state index in [9.17, 15) is 0 Å². The fourth-order valence-corrected chi connectivity index (χ4v) is 2.40. The van der Waals surface area contributed by atoms with Crippen molar-refractivity contribution >= 4 is 39.6 Å². The third-order valence-corrected chi connectivity index (χ3v) is 3.89. The fourth-order valence-electron chi connectivity index (χ4n) is 0.797. The van der Waals surface area contributed by atoms with Crippen LogP contribution < -0.4 is 0 Å². The molecule has 0 aliphatic rings. The van der Waals surface area contributed by atoms with Crippen molar-refractivity contribution in [1.29, 1.82) is 5.26 Å². The Kier molecular flexibility index (Phi) is 3.38. The Morgan fingerprint density at radius 1 is 1.62 bits per heavy atom. The van der Waals surface area contributed by atoms with Crippen LogP contribution in [0.2, 0.25) is 5.02 Å². The largest absolute Gasteiger partial charge is 0.193 e. The van der Waals surface area contributed by atoms with E-state index >= 15 is 0 Å². The summed E-state index contributed by atoms with van der Waals surface area (Å²) >= 11 is 13.4. The van der Waals surface area contributed by atoms with Gasteiger partial charge >= 0.3 is 0 Å². The zero-order valence-electron chi connectivity index (χ0n) is 7.19. The summed E-state index contributed by atoms with van der Waals surface area (Å²) < 4.78 is 0. The van der Waals surface area contributed by atoms with Crippen LogP contribution in [0.1, 0.15) is 17.4 Å². The second-order valence-corrected chi connectivity index (χ2v) is 4.25. The normalized spacial score (nSPS) is 12.2. The van der Waals surface area contributed by atoms with Crippen LogP contribution in [0, 0.1) is 18.3 Å². The molecule has 0 bridgehead atoms. The molecule has 0 aromatic carbocycles. The highest BCUT2D eigenvalue weighted by atomic mass is 35.5. The molecule has 1 aromatic rings. The second-order valence-electron chi connectivity index (χ2n) is 2.61. The van der Waals surface area contributed by atoms with E-state index in [0.29, 0.717) is 15.6 Å². The van der Waals surface area contributed by atoms with E-state index in [2.05, 4.69) is 0 Å². The second kappa shape index (κ2) is 4.15. The first kappa shape index (κ1) is 10.6. The standard InChI is InChI=1S/C9H7Cl2NS/c1-5(3-12)7(10)9-8(11)6(2)4-13-9/h4H,1-2H3/b7-5-. The van der Waals surface area contributed by atoms with Gasteiger partial charge in [0, 0.05) is 5.57 Å². The topological polar surface area (TPSA) is 23.8 Å². The molecule has 0 aliphatic carbocycles. The van der Waals surface area contributed by atoms with Gasteiger partial charge in [0.1, 0.15) is 0 Å². The number of rotatable bonds is 1. The Bertz CT molecular complexity index is 398. The third kappa shape index (κ3) is 2.05. The Hall–Kier alpha value is -0.490. The fraction of sp³-hybridized carbons (Fsp3) is 0.222. The van der Waals surface area contributed by atoms with Gasteiger partial charge in [-0.2, -0.15) is 5.26 Å². The lowest BCUT2D eigenvalue weighted by atomic mass is 10.2. The van der Waals surface area contributed by atoms with Crippen molar-refractivity contribution in [3.8, 4) is 6.07 Å². The Labute approximate surface area is 91.2 Å². The maximum absolute atomic E-state index is 8.63. The van der Waals surface area contributed by atoms with Crippen molar-refractivity contribution in [2.75, 3.05) is 0 Å². The molecule has 1 rings (SSSR count). The van der Waals surface area contributed by atoms with Crippen LogP contribution in [-0.4, -0.2) is 0 Å². The average molecular weight is 232 g/mol. The molecule has 68 valence electrons. The summed E-state index contributed by atoms with van der Waals surface area (Å²) in [7, 11) is 0. The molecule has 1 nitrogen and oxygen atoms in total. The molecule has 0 aliphatic heterocycles. The van der Waals surface area contributed by atoms with E-state index in [0.717, 1.165) is 10.4 Å². The molecular formula is C9H7Cl2NS. The van der Waals surface area contributed by atoms with Gasteiger partial charge in [0.15, 0.2) is 0 Å². The van der Waals surface area contributed by atoms with E-state index in [1.807, 2.05) is 18.4 Å². The zero-order chi connectivity index (χ0) is 10.0. The predicted octanol–water partition coefficient (Wildman–Crippen LogP) is 4.20. The summed E-state index contributed by atoms with van der Waals surface area (Å²) in [5.74, 6) is 0. The highest BCUT2D eigenvalue weighted by Crippen LogP contribution is 2.36. The van der Waals surface area contributed by atoms with Gasteiger partial charge in [0.25, 0.3) is 0 Å². The van der Waals surface area contributed by atoms with Crippen LogP contribution in [-0.2, 0) is 0 Å². The van der Waals surface area contributed by atoms with Crippen molar-refractivity contribution in [1.82, 2.24) is 0 Å². The minimum atomic E-state index is 0.450. The van der Waals surface area contributed by atoms with E-state index in [4.69, 9.17) is 28.5 Å². The van der Waals surface area contributed by atoms with Crippen LogP contribution in [0.3, 0.4) is 0 Å². The monoisotopic (exact) mass is 231 g/mol. The number of aryl methyl sites for hydroxylation is 1. The predicted molar refractivity (Wildman–Crippen MR) is 58.1 cm³/mol. The summed E-state index contributed by atoms with van der Waals surface area (Å²) in [4.78, 5) is 0.778. The molecule has 1 heterocycles. The molecule has 0 amide bonds. The molecule has 0 spiro atoms. The molecule has 0 atom stereocenters. The minimum Gasteiger partial charge on any atom is -0.193 e. The van der Waals surface area contributed by atoms with Gasteiger partial charge in [-0.15, -0.1) is 11.3 Å². The number of hydrogen-bond donors (Lipinski definition) is 0. The third-order valence-electron chi connectivity index (χ3n) is 1.60. The lowest BCUT2D eigenvalue weighted by molar-refractivity contribution is 1.46. The maximum Gasteiger partial charge on any atom is 0.0960 e. The zero-order valence-corrected chi connectivity index (χ0v) is 9.52. The van der Waals surface area contributed by atoms with Crippen LogP contribution in [0.5, 0.6) is 0 Å². The smallest absolute Gasteiger partial charge is 0.0960 e. The lowest BCUT2D eigenvalue weighted by Crippen LogP contribution is -1.77. The molecule has 1 aromatic heterocycles. The first-order valence-electron chi connectivity index (χ1n) is 3.58. The summed E-state index contributed by atoms with van der Waals surface area (Å²) in [6, 6.07) is 2.00. The Balaban J connectivity index is 3.26. The van der Waals surface area contributed by atoms with Gasteiger partial charge in [-0.05, 0) is 24.8 Å². The van der Waals surface area contributed by atoms with Crippen molar-refractivity contribution in [2.24, 2.45) is 0 Å². The van der Waals surface area contributed by atoms with Crippen molar-refractivity contribution in [2.45, 2.75) is 13.8 Å². The number of hydrogen-bond acceptors (Lipinski definition) is 2. The Morgan fingerprint density at radius 2 is 2.23 bits per heavy atom. The van der Waals surface area contributed by atoms with Gasteiger partial charge in [-0.1, -0.05) is 23.2 Å². The van der Waals surface area contributed by atoms with Crippen LogP contribution in [0.25, 0.3) is 5.03 Å². The van der Waals surface area contributed by atoms with Crippen LogP contribution in [0.15, 0.2) is 11.0 Å². The van der Waals surface area contributed by atoms with E-state index in [1.165, 1.54) is 11.3 Å². The quantitative estimate of drug-likeness (QED) is 0.665. The van der Waals surface area contributed by atoms with Gasteiger partial charge in [0.2, 0.25) is 0 Å². The van der Waals surface area contributed by atoms with Gasteiger partial charge in [-0.3, -0.25) is 0 Å².